The number of thiophene rings is 1. The highest BCUT2D eigenvalue weighted by Crippen LogP contribution is 2.44. The summed E-state index contributed by atoms with van der Waals surface area (Å²) in [6.07, 6.45) is 0. The van der Waals surface area contributed by atoms with E-state index in [4.69, 9.17) is 15.0 Å². The molecule has 0 aliphatic heterocycles. The van der Waals surface area contributed by atoms with E-state index in [1.807, 2.05) is 23.5 Å². The Balaban J connectivity index is 1.08. The van der Waals surface area contributed by atoms with Crippen molar-refractivity contribution >= 4 is 75.1 Å². The zero-order valence-electron chi connectivity index (χ0n) is 30.5. The van der Waals surface area contributed by atoms with Crippen LogP contribution in [0.4, 0.5) is 0 Å². The van der Waals surface area contributed by atoms with Crippen LogP contribution in [-0.4, -0.2) is 24.5 Å². The number of para-hydroxylation sites is 2. The number of nitrogens with one attached hydrogen (secondary N) is 1. The summed E-state index contributed by atoms with van der Waals surface area (Å²) in [7, 11) is 0. The Hall–Kier alpha value is -7.41. The predicted octanol–water partition coefficient (Wildman–Crippen LogP) is 13.6. The Morgan fingerprint density at radius 1 is 0.386 bits per heavy atom. The summed E-state index contributed by atoms with van der Waals surface area (Å²) in [4.78, 5) is 19.4. The van der Waals surface area contributed by atoms with Crippen molar-refractivity contribution < 1.29 is 0 Å². The van der Waals surface area contributed by atoms with Crippen molar-refractivity contribution in [3.05, 3.63) is 182 Å². The monoisotopic (exact) mass is 745 g/mol. The first-order valence-electron chi connectivity index (χ1n) is 19.1. The first-order valence-corrected chi connectivity index (χ1v) is 19.9. The summed E-state index contributed by atoms with van der Waals surface area (Å²) in [6.45, 7) is 0. The Morgan fingerprint density at radius 3 is 1.61 bits per heavy atom. The SMILES string of the molecule is c1ccc(-c2ccc(-c3nc(-c4ccc(-c5ccccc5)cc4)nc(-n4c5ccccc5c5cc6c(cc54)sc4ccc5c7ccccc7[nH]c5c46)n3)cc2)cc1. The molecule has 6 heteroatoms. The molecule has 0 fully saturated rings. The highest BCUT2D eigenvalue weighted by Gasteiger charge is 2.21. The van der Waals surface area contributed by atoms with Gasteiger partial charge in [0.15, 0.2) is 11.6 Å². The molecule has 0 saturated heterocycles. The van der Waals surface area contributed by atoms with Gasteiger partial charge >= 0.3 is 0 Å². The van der Waals surface area contributed by atoms with Crippen LogP contribution in [0, 0.1) is 0 Å². The van der Waals surface area contributed by atoms with Crippen LogP contribution >= 0.6 is 11.3 Å². The molecule has 12 rings (SSSR count). The normalized spacial score (nSPS) is 11.9. The zero-order chi connectivity index (χ0) is 37.5. The molecular weight excluding hydrogens is 715 g/mol. The smallest absolute Gasteiger partial charge is 0.238 e. The second-order valence-corrected chi connectivity index (χ2v) is 15.6. The Bertz CT molecular complexity index is 3390. The number of H-pyrrole nitrogens is 1. The Labute approximate surface area is 331 Å². The molecule has 57 heavy (non-hydrogen) atoms. The second-order valence-electron chi connectivity index (χ2n) is 14.5. The number of hydrogen-bond donors (Lipinski definition) is 1. The quantitative estimate of drug-likeness (QED) is 0.191. The van der Waals surface area contributed by atoms with Crippen LogP contribution < -0.4 is 0 Å². The van der Waals surface area contributed by atoms with E-state index in [0.29, 0.717) is 17.6 Å². The largest absolute Gasteiger partial charge is 0.354 e. The molecule has 266 valence electrons. The number of aromatic amines is 1. The molecule has 0 atom stereocenters. The zero-order valence-corrected chi connectivity index (χ0v) is 31.3. The van der Waals surface area contributed by atoms with Crippen LogP contribution in [0.3, 0.4) is 0 Å². The highest BCUT2D eigenvalue weighted by atomic mass is 32.1. The van der Waals surface area contributed by atoms with Gasteiger partial charge in [-0.05, 0) is 52.6 Å². The van der Waals surface area contributed by atoms with Gasteiger partial charge < -0.3 is 4.98 Å². The maximum absolute atomic E-state index is 5.27. The summed E-state index contributed by atoms with van der Waals surface area (Å²) < 4.78 is 4.70. The van der Waals surface area contributed by atoms with Gasteiger partial charge in [0, 0.05) is 58.4 Å². The highest BCUT2D eigenvalue weighted by molar-refractivity contribution is 7.26. The summed E-state index contributed by atoms with van der Waals surface area (Å²) in [5, 5.41) is 7.33. The van der Waals surface area contributed by atoms with Crippen LogP contribution in [0.25, 0.3) is 115 Å². The van der Waals surface area contributed by atoms with E-state index in [1.54, 1.807) is 0 Å². The Morgan fingerprint density at radius 2 is 0.947 bits per heavy atom. The number of benzene rings is 8. The molecule has 8 aromatic carbocycles. The second kappa shape index (κ2) is 12.6. The minimum Gasteiger partial charge on any atom is -0.354 e. The lowest BCUT2D eigenvalue weighted by Crippen LogP contribution is -2.06. The Kier molecular flexibility index (Phi) is 7.03. The third-order valence-corrected chi connectivity index (χ3v) is 12.3. The van der Waals surface area contributed by atoms with Gasteiger partial charge in [0.05, 0.1) is 16.6 Å². The number of aromatic nitrogens is 5. The van der Waals surface area contributed by atoms with Gasteiger partial charge in [-0.1, -0.05) is 152 Å². The maximum Gasteiger partial charge on any atom is 0.238 e. The standard InChI is InChI=1S/C51H31N5S/c1-3-11-31(12-4-1)33-19-23-35(24-20-33)49-53-50(36-25-21-34(22-26-36)32-13-5-2-6-14-32)55-51(54-49)56-43-18-10-8-16-38(43)40-29-41-46(30-44(40)56)57-45-28-27-39-37-15-7-9-17-42(37)52-48(39)47(41)45/h1-30,52H. The van der Waals surface area contributed by atoms with Gasteiger partial charge in [0.1, 0.15) is 0 Å². The summed E-state index contributed by atoms with van der Waals surface area (Å²) in [5.41, 5.74) is 10.9. The molecule has 0 aliphatic carbocycles. The van der Waals surface area contributed by atoms with Crippen LogP contribution in [0.15, 0.2) is 182 Å². The first-order chi connectivity index (χ1) is 28.2. The molecule has 4 aromatic heterocycles. The summed E-state index contributed by atoms with van der Waals surface area (Å²) >= 11 is 1.83. The van der Waals surface area contributed by atoms with Crippen LogP contribution in [-0.2, 0) is 0 Å². The van der Waals surface area contributed by atoms with Gasteiger partial charge in [-0.25, -0.2) is 4.98 Å². The number of rotatable bonds is 5. The third-order valence-electron chi connectivity index (χ3n) is 11.2. The van der Waals surface area contributed by atoms with Gasteiger partial charge in [0.25, 0.3) is 0 Å². The lowest BCUT2D eigenvalue weighted by atomic mass is 10.0. The van der Waals surface area contributed by atoms with E-state index in [2.05, 4.69) is 179 Å². The molecule has 0 radical (unpaired) electrons. The third kappa shape index (κ3) is 5.12. The minimum absolute atomic E-state index is 0.582. The maximum atomic E-state index is 5.27. The summed E-state index contributed by atoms with van der Waals surface area (Å²) in [5.74, 6) is 1.83. The van der Waals surface area contributed by atoms with E-state index < -0.39 is 0 Å². The number of nitrogens with zero attached hydrogens (tertiary/aromatic N) is 4. The van der Waals surface area contributed by atoms with Crippen LogP contribution in [0.1, 0.15) is 0 Å². The van der Waals surface area contributed by atoms with E-state index >= 15 is 0 Å². The lowest BCUT2D eigenvalue weighted by Gasteiger charge is -2.12. The van der Waals surface area contributed by atoms with Crippen molar-refractivity contribution in [3.63, 3.8) is 0 Å². The van der Waals surface area contributed by atoms with E-state index in [-0.39, 0.29) is 0 Å². The van der Waals surface area contributed by atoms with Crippen molar-refractivity contribution in [2.24, 2.45) is 0 Å². The van der Waals surface area contributed by atoms with Crippen molar-refractivity contribution in [2.45, 2.75) is 0 Å². The molecule has 0 saturated carbocycles. The molecule has 0 spiro atoms. The fraction of sp³-hybridized carbons (Fsp3) is 0. The van der Waals surface area contributed by atoms with Gasteiger partial charge in [-0.15, -0.1) is 11.3 Å². The fourth-order valence-corrected chi connectivity index (χ4v) is 9.60. The molecule has 0 unspecified atom stereocenters. The average molecular weight is 746 g/mol. The molecule has 1 N–H and O–H groups in total. The van der Waals surface area contributed by atoms with Gasteiger partial charge in [0.2, 0.25) is 5.95 Å². The molecule has 4 heterocycles. The van der Waals surface area contributed by atoms with Gasteiger partial charge in [-0.3, -0.25) is 4.57 Å². The van der Waals surface area contributed by atoms with Crippen molar-refractivity contribution in [3.8, 4) is 51.0 Å². The number of hydrogen-bond acceptors (Lipinski definition) is 4. The lowest BCUT2D eigenvalue weighted by molar-refractivity contribution is 0.954. The molecule has 12 aromatic rings. The van der Waals surface area contributed by atoms with Crippen molar-refractivity contribution in [1.29, 1.82) is 0 Å². The predicted molar refractivity (Wildman–Crippen MR) is 238 cm³/mol. The van der Waals surface area contributed by atoms with Gasteiger partial charge in [-0.2, -0.15) is 9.97 Å². The van der Waals surface area contributed by atoms with E-state index in [0.717, 1.165) is 49.6 Å². The summed E-state index contributed by atoms with van der Waals surface area (Å²) in [6, 6.07) is 64.3. The number of fused-ring (bicyclic) bond motifs is 10. The van der Waals surface area contributed by atoms with Crippen molar-refractivity contribution in [1.82, 2.24) is 24.5 Å². The van der Waals surface area contributed by atoms with Crippen LogP contribution in [0.2, 0.25) is 0 Å². The first kappa shape index (κ1) is 31.9. The molecule has 0 amide bonds. The van der Waals surface area contributed by atoms with E-state index in [1.165, 1.54) is 47.6 Å². The fourth-order valence-electron chi connectivity index (χ4n) is 8.47. The molecule has 0 aliphatic rings. The minimum atomic E-state index is 0.582. The molecule has 5 nitrogen and oxygen atoms in total. The molecule has 0 bridgehead atoms. The van der Waals surface area contributed by atoms with Crippen molar-refractivity contribution in [2.75, 3.05) is 0 Å². The average Bonchev–Trinajstić information content (AvgIpc) is 3.95. The topological polar surface area (TPSA) is 59.4 Å². The van der Waals surface area contributed by atoms with E-state index in [9.17, 15) is 0 Å². The van der Waals surface area contributed by atoms with Crippen LogP contribution in [0.5, 0.6) is 0 Å². The molecular formula is C51H31N5S.